The Labute approximate surface area is 195 Å². The Kier molecular flexibility index (Phi) is 6.29. The van der Waals surface area contributed by atoms with Crippen molar-refractivity contribution in [3.63, 3.8) is 0 Å². The van der Waals surface area contributed by atoms with Gasteiger partial charge in [0.15, 0.2) is 11.4 Å². The lowest BCUT2D eigenvalue weighted by Crippen LogP contribution is -2.48. The van der Waals surface area contributed by atoms with E-state index < -0.39 is 5.91 Å². The normalized spacial score (nSPS) is 13.6. The minimum atomic E-state index is -0.556. The smallest absolute Gasteiger partial charge is 0.274 e. The van der Waals surface area contributed by atoms with Crippen molar-refractivity contribution in [1.29, 1.82) is 5.26 Å². The number of pyridine rings is 2. The van der Waals surface area contributed by atoms with Gasteiger partial charge in [-0.25, -0.2) is 9.97 Å². The fourth-order valence-electron chi connectivity index (χ4n) is 3.69. The number of rotatable bonds is 4. The van der Waals surface area contributed by atoms with Crippen molar-refractivity contribution in [3.8, 4) is 11.8 Å². The lowest BCUT2D eigenvalue weighted by atomic mass is 10.1. The molecule has 2 N–H and O–H groups in total. The number of nitrogens with zero attached hydrogens (tertiary/aromatic N) is 5. The number of amides is 2. The van der Waals surface area contributed by atoms with Gasteiger partial charge in [0.05, 0.1) is 23.3 Å². The molecule has 2 aromatic heterocycles. The second-order valence-electron chi connectivity index (χ2n) is 7.65. The Morgan fingerprint density at radius 3 is 2.64 bits per heavy atom. The number of aromatic nitrogens is 2. The standard InChI is InChI=1S/C23H21ClN6O3/c1-14(31)29-6-8-30(9-7-29)20-5-4-17-19(28-20)13-26-21(22(17)32)23(33)27-12-16-3-2-15(11-25)10-18(16)24/h2-5,10,13,32H,6-9,12H2,1H3,(H,27,33). The van der Waals surface area contributed by atoms with E-state index in [9.17, 15) is 14.7 Å². The molecular formula is C23H21ClN6O3. The number of carbonyl (C=O) groups excluding carboxylic acids is 2. The summed E-state index contributed by atoms with van der Waals surface area (Å²) in [5.41, 5.74) is 1.42. The Morgan fingerprint density at radius 1 is 1.21 bits per heavy atom. The molecule has 10 heteroatoms. The third-order valence-corrected chi connectivity index (χ3v) is 5.94. The molecular weight excluding hydrogens is 444 g/mol. The van der Waals surface area contributed by atoms with E-state index in [1.165, 1.54) is 12.3 Å². The summed E-state index contributed by atoms with van der Waals surface area (Å²) >= 11 is 6.15. The van der Waals surface area contributed by atoms with Crippen molar-refractivity contribution in [1.82, 2.24) is 20.2 Å². The van der Waals surface area contributed by atoms with Crippen LogP contribution in [0.4, 0.5) is 5.82 Å². The third kappa shape index (κ3) is 4.66. The molecule has 0 spiro atoms. The van der Waals surface area contributed by atoms with Crippen LogP contribution in [0.3, 0.4) is 0 Å². The van der Waals surface area contributed by atoms with Gasteiger partial charge in [-0.15, -0.1) is 0 Å². The molecule has 33 heavy (non-hydrogen) atoms. The van der Waals surface area contributed by atoms with Gasteiger partial charge in [0.2, 0.25) is 5.91 Å². The number of hydrogen-bond donors (Lipinski definition) is 2. The highest BCUT2D eigenvalue weighted by Gasteiger charge is 2.21. The first kappa shape index (κ1) is 22.3. The molecule has 0 aliphatic carbocycles. The Balaban J connectivity index is 1.49. The number of hydrogen-bond acceptors (Lipinski definition) is 7. The maximum atomic E-state index is 12.6. The molecule has 3 aromatic rings. The second kappa shape index (κ2) is 9.30. The van der Waals surface area contributed by atoms with E-state index in [1.54, 1.807) is 36.1 Å². The second-order valence-corrected chi connectivity index (χ2v) is 8.06. The van der Waals surface area contributed by atoms with Crippen molar-refractivity contribution in [2.45, 2.75) is 13.5 Å². The fourth-order valence-corrected chi connectivity index (χ4v) is 3.94. The zero-order valence-electron chi connectivity index (χ0n) is 17.9. The highest BCUT2D eigenvalue weighted by atomic mass is 35.5. The first-order chi connectivity index (χ1) is 15.9. The average Bonchev–Trinajstić information content (AvgIpc) is 2.83. The summed E-state index contributed by atoms with van der Waals surface area (Å²) in [5.74, 6) is -0.0299. The molecule has 1 aliphatic rings. The molecule has 0 atom stereocenters. The molecule has 1 aliphatic heterocycles. The van der Waals surface area contributed by atoms with Crippen molar-refractivity contribution < 1.29 is 14.7 Å². The largest absolute Gasteiger partial charge is 0.505 e. The van der Waals surface area contributed by atoms with Crippen LogP contribution in [0.2, 0.25) is 5.02 Å². The number of piperazine rings is 1. The first-order valence-corrected chi connectivity index (χ1v) is 10.7. The zero-order chi connectivity index (χ0) is 23.5. The zero-order valence-corrected chi connectivity index (χ0v) is 18.6. The van der Waals surface area contributed by atoms with Gasteiger partial charge in [0, 0.05) is 50.1 Å². The summed E-state index contributed by atoms with van der Waals surface area (Å²) < 4.78 is 0. The molecule has 9 nitrogen and oxygen atoms in total. The Hall–Kier alpha value is -3.90. The molecule has 1 fully saturated rings. The van der Waals surface area contributed by atoms with Crippen LogP contribution in [-0.2, 0) is 11.3 Å². The SMILES string of the molecule is CC(=O)N1CCN(c2ccc3c(O)c(C(=O)NCc4ccc(C#N)cc4Cl)ncc3n2)CC1. The topological polar surface area (TPSA) is 122 Å². The lowest BCUT2D eigenvalue weighted by Gasteiger charge is -2.35. The monoisotopic (exact) mass is 464 g/mol. The predicted octanol–water partition coefficient (Wildman–Crippen LogP) is 2.46. The fraction of sp³-hybridized carbons (Fsp3) is 0.261. The maximum Gasteiger partial charge on any atom is 0.274 e. The molecule has 4 rings (SSSR count). The summed E-state index contributed by atoms with van der Waals surface area (Å²) in [6.07, 6.45) is 1.45. The minimum Gasteiger partial charge on any atom is -0.505 e. The molecule has 1 aromatic carbocycles. The van der Waals surface area contributed by atoms with Crippen LogP contribution in [0.15, 0.2) is 36.5 Å². The van der Waals surface area contributed by atoms with E-state index in [0.29, 0.717) is 53.2 Å². The van der Waals surface area contributed by atoms with Gasteiger partial charge in [-0.05, 0) is 29.8 Å². The number of nitrogens with one attached hydrogen (secondary N) is 1. The van der Waals surface area contributed by atoms with Gasteiger partial charge in [-0.2, -0.15) is 5.26 Å². The van der Waals surface area contributed by atoms with Gasteiger partial charge in [-0.1, -0.05) is 17.7 Å². The molecule has 168 valence electrons. The van der Waals surface area contributed by atoms with Crippen LogP contribution in [0.5, 0.6) is 5.75 Å². The van der Waals surface area contributed by atoms with Crippen molar-refractivity contribution in [2.24, 2.45) is 0 Å². The summed E-state index contributed by atoms with van der Waals surface area (Å²) in [6.45, 7) is 4.25. The number of nitriles is 1. The number of carbonyl (C=O) groups is 2. The van der Waals surface area contributed by atoms with E-state index in [4.69, 9.17) is 16.9 Å². The molecule has 0 bridgehead atoms. The number of fused-ring (bicyclic) bond motifs is 1. The lowest BCUT2D eigenvalue weighted by molar-refractivity contribution is -0.129. The summed E-state index contributed by atoms with van der Waals surface area (Å²) in [7, 11) is 0. The van der Waals surface area contributed by atoms with Gasteiger partial charge in [0.1, 0.15) is 5.82 Å². The number of aromatic hydroxyl groups is 1. The molecule has 1 saturated heterocycles. The van der Waals surface area contributed by atoms with Crippen LogP contribution < -0.4 is 10.2 Å². The van der Waals surface area contributed by atoms with Gasteiger partial charge in [-0.3, -0.25) is 9.59 Å². The number of anilines is 1. The van der Waals surface area contributed by atoms with Crippen molar-refractivity contribution in [3.05, 3.63) is 58.4 Å². The molecule has 0 radical (unpaired) electrons. The Bertz CT molecular complexity index is 1280. The summed E-state index contributed by atoms with van der Waals surface area (Å²) in [6, 6.07) is 10.3. The van der Waals surface area contributed by atoms with Crippen LogP contribution >= 0.6 is 11.6 Å². The van der Waals surface area contributed by atoms with Gasteiger partial charge in [0.25, 0.3) is 5.91 Å². The van der Waals surface area contributed by atoms with Crippen molar-refractivity contribution in [2.75, 3.05) is 31.1 Å². The van der Waals surface area contributed by atoms with E-state index in [0.717, 1.165) is 5.82 Å². The van der Waals surface area contributed by atoms with Crippen LogP contribution in [0.1, 0.15) is 28.5 Å². The van der Waals surface area contributed by atoms with Crippen molar-refractivity contribution >= 4 is 40.1 Å². The van der Waals surface area contributed by atoms with E-state index in [1.807, 2.05) is 6.07 Å². The van der Waals surface area contributed by atoms with Crippen LogP contribution in [-0.4, -0.2) is 58.0 Å². The van der Waals surface area contributed by atoms with Crippen LogP contribution in [0.25, 0.3) is 10.9 Å². The van der Waals surface area contributed by atoms with E-state index in [-0.39, 0.29) is 23.9 Å². The van der Waals surface area contributed by atoms with E-state index in [2.05, 4.69) is 20.2 Å². The highest BCUT2D eigenvalue weighted by Crippen LogP contribution is 2.28. The molecule has 0 unspecified atom stereocenters. The van der Waals surface area contributed by atoms with Crippen LogP contribution in [0, 0.1) is 11.3 Å². The van der Waals surface area contributed by atoms with E-state index >= 15 is 0 Å². The number of benzene rings is 1. The summed E-state index contributed by atoms with van der Waals surface area (Å²) in [5, 5.41) is 23.0. The maximum absolute atomic E-state index is 12.6. The third-order valence-electron chi connectivity index (χ3n) is 5.59. The Morgan fingerprint density at radius 2 is 1.97 bits per heavy atom. The van der Waals surface area contributed by atoms with Gasteiger partial charge >= 0.3 is 0 Å². The first-order valence-electron chi connectivity index (χ1n) is 10.3. The summed E-state index contributed by atoms with van der Waals surface area (Å²) in [4.78, 5) is 36.7. The minimum absolute atomic E-state index is 0.0579. The molecule has 3 heterocycles. The number of halogens is 1. The molecule has 0 saturated carbocycles. The molecule has 2 amide bonds. The average molecular weight is 465 g/mol. The quantitative estimate of drug-likeness (QED) is 0.608. The highest BCUT2D eigenvalue weighted by molar-refractivity contribution is 6.31. The predicted molar refractivity (Wildman–Crippen MR) is 123 cm³/mol. The van der Waals surface area contributed by atoms with Gasteiger partial charge < -0.3 is 20.2 Å².